The molecule has 0 radical (unpaired) electrons. The number of likely N-dealkylation sites (tertiary alicyclic amines) is 1. The molecule has 7 heteroatoms. The van der Waals surface area contributed by atoms with Gasteiger partial charge in [0.2, 0.25) is 17.6 Å². The number of Topliss-reactive ketones (excluding diaryl/α,β-unsaturated/α-hetero) is 1. The van der Waals surface area contributed by atoms with Crippen molar-refractivity contribution < 1.29 is 19.2 Å². The average Bonchev–Trinajstić information content (AvgIpc) is 3.27. The number of carbonyl (C=O) groups is 4. The summed E-state index contributed by atoms with van der Waals surface area (Å²) in [4.78, 5) is 50.1. The Morgan fingerprint density at radius 3 is 2.56 bits per heavy atom. The Bertz CT molecular complexity index is 557. The Balaban J connectivity index is 1.99. The van der Waals surface area contributed by atoms with Gasteiger partial charge in [-0.15, -0.1) is 6.58 Å². The zero-order chi connectivity index (χ0) is 18.4. The third kappa shape index (κ3) is 5.41. The topological polar surface area (TPSA) is 95.6 Å². The smallest absolute Gasteiger partial charge is 0.289 e. The minimum absolute atomic E-state index is 0.151. The molecule has 0 aromatic heterocycles. The second-order valence-electron chi connectivity index (χ2n) is 6.82. The molecule has 1 saturated carbocycles. The first-order valence-electron chi connectivity index (χ1n) is 8.94. The Kier molecular flexibility index (Phi) is 6.73. The van der Waals surface area contributed by atoms with Gasteiger partial charge in [-0.3, -0.25) is 19.2 Å². The van der Waals surface area contributed by atoms with Gasteiger partial charge in [-0.05, 0) is 31.6 Å². The van der Waals surface area contributed by atoms with Gasteiger partial charge >= 0.3 is 0 Å². The van der Waals surface area contributed by atoms with Gasteiger partial charge < -0.3 is 15.5 Å². The third-order valence-electron chi connectivity index (χ3n) is 4.78. The summed E-state index contributed by atoms with van der Waals surface area (Å²) in [6.45, 7) is 5.68. The van der Waals surface area contributed by atoms with Crippen LogP contribution in [0.15, 0.2) is 12.7 Å². The first kappa shape index (κ1) is 19.1. The second kappa shape index (κ2) is 8.78. The van der Waals surface area contributed by atoms with Gasteiger partial charge in [0.05, 0.1) is 6.04 Å². The molecule has 0 aromatic rings. The maximum Gasteiger partial charge on any atom is 0.289 e. The zero-order valence-corrected chi connectivity index (χ0v) is 14.8. The lowest BCUT2D eigenvalue weighted by atomic mass is 10.0. The minimum atomic E-state index is -0.840. The molecule has 2 atom stereocenters. The van der Waals surface area contributed by atoms with Gasteiger partial charge in [-0.2, -0.15) is 0 Å². The number of nitrogens with one attached hydrogen (secondary N) is 2. The van der Waals surface area contributed by atoms with Crippen LogP contribution < -0.4 is 10.6 Å². The van der Waals surface area contributed by atoms with Crippen molar-refractivity contribution >= 4 is 23.5 Å². The lowest BCUT2D eigenvalue weighted by molar-refractivity contribution is -0.141. The first-order chi connectivity index (χ1) is 11.9. The third-order valence-corrected chi connectivity index (χ3v) is 4.78. The van der Waals surface area contributed by atoms with E-state index < -0.39 is 23.8 Å². The molecular weight excluding hydrogens is 322 g/mol. The standard InChI is InChI=1S/C18H27N3O4/c1-3-10-19-18(25)16(23)14(9-8-13-6-7-13)20-17(24)15-5-4-11-21(15)12(2)22/h3,13-15H,1,4-11H2,2H3,(H,19,25)(H,20,24). The van der Waals surface area contributed by atoms with Crippen LogP contribution in [0.4, 0.5) is 0 Å². The summed E-state index contributed by atoms with van der Waals surface area (Å²) in [5.41, 5.74) is 0. The summed E-state index contributed by atoms with van der Waals surface area (Å²) in [6.07, 6.45) is 6.37. The highest BCUT2D eigenvalue weighted by Crippen LogP contribution is 2.34. The van der Waals surface area contributed by atoms with Crippen molar-refractivity contribution in [2.75, 3.05) is 13.1 Å². The molecule has 138 valence electrons. The number of ketones is 1. The molecular formula is C18H27N3O4. The van der Waals surface area contributed by atoms with Crippen LogP contribution in [-0.2, 0) is 19.2 Å². The van der Waals surface area contributed by atoms with Crippen molar-refractivity contribution in [2.45, 2.75) is 57.5 Å². The summed E-state index contributed by atoms with van der Waals surface area (Å²) >= 11 is 0. The number of rotatable bonds is 9. The molecule has 0 aromatic carbocycles. The second-order valence-corrected chi connectivity index (χ2v) is 6.82. The summed E-state index contributed by atoms with van der Waals surface area (Å²) in [5.74, 6) is -1.26. The molecule has 2 N–H and O–H groups in total. The zero-order valence-electron chi connectivity index (χ0n) is 14.8. The monoisotopic (exact) mass is 349 g/mol. The Labute approximate surface area is 148 Å². The molecule has 25 heavy (non-hydrogen) atoms. The van der Waals surface area contributed by atoms with Gasteiger partial charge in [0.15, 0.2) is 0 Å². The molecule has 1 aliphatic heterocycles. The summed E-state index contributed by atoms with van der Waals surface area (Å²) in [5, 5.41) is 5.18. The number of hydrogen-bond acceptors (Lipinski definition) is 4. The Hall–Kier alpha value is -2.18. The van der Waals surface area contributed by atoms with Crippen LogP contribution in [0.1, 0.15) is 45.4 Å². The highest BCUT2D eigenvalue weighted by atomic mass is 16.2. The van der Waals surface area contributed by atoms with E-state index in [-0.39, 0.29) is 18.4 Å². The molecule has 0 spiro atoms. The predicted molar refractivity (Wildman–Crippen MR) is 92.5 cm³/mol. The lowest BCUT2D eigenvalue weighted by Crippen LogP contribution is -2.53. The van der Waals surface area contributed by atoms with E-state index >= 15 is 0 Å². The lowest BCUT2D eigenvalue weighted by Gasteiger charge is -2.25. The van der Waals surface area contributed by atoms with Crippen molar-refractivity contribution in [3.63, 3.8) is 0 Å². The van der Waals surface area contributed by atoms with E-state index in [1.165, 1.54) is 17.9 Å². The van der Waals surface area contributed by atoms with Crippen LogP contribution in [0.3, 0.4) is 0 Å². The molecule has 1 heterocycles. The quantitative estimate of drug-likeness (QED) is 0.469. The van der Waals surface area contributed by atoms with E-state index in [9.17, 15) is 19.2 Å². The molecule has 2 fully saturated rings. The molecule has 2 aliphatic rings. The van der Waals surface area contributed by atoms with E-state index in [0.717, 1.165) is 25.7 Å². The first-order valence-corrected chi connectivity index (χ1v) is 8.94. The molecule has 2 rings (SSSR count). The van der Waals surface area contributed by atoms with Gasteiger partial charge in [-0.1, -0.05) is 18.9 Å². The fourth-order valence-electron chi connectivity index (χ4n) is 3.17. The number of nitrogens with zero attached hydrogens (tertiary/aromatic N) is 1. The largest absolute Gasteiger partial charge is 0.346 e. The van der Waals surface area contributed by atoms with E-state index in [4.69, 9.17) is 0 Å². The maximum absolute atomic E-state index is 12.6. The maximum atomic E-state index is 12.6. The van der Waals surface area contributed by atoms with Crippen LogP contribution in [0.5, 0.6) is 0 Å². The fraction of sp³-hybridized carbons (Fsp3) is 0.667. The van der Waals surface area contributed by atoms with E-state index in [2.05, 4.69) is 17.2 Å². The van der Waals surface area contributed by atoms with Crippen molar-refractivity contribution in [2.24, 2.45) is 5.92 Å². The van der Waals surface area contributed by atoms with Crippen molar-refractivity contribution in [3.05, 3.63) is 12.7 Å². The minimum Gasteiger partial charge on any atom is -0.346 e. The normalized spacial score (nSPS) is 20.7. The van der Waals surface area contributed by atoms with Crippen molar-refractivity contribution in [3.8, 4) is 0 Å². The predicted octanol–water partition coefficient (Wildman–Crippen LogP) is 0.544. The molecule has 7 nitrogen and oxygen atoms in total. The van der Waals surface area contributed by atoms with Gasteiger partial charge in [0.25, 0.3) is 5.91 Å². The van der Waals surface area contributed by atoms with Gasteiger partial charge in [-0.25, -0.2) is 0 Å². The number of carbonyl (C=O) groups excluding carboxylic acids is 4. The summed E-state index contributed by atoms with van der Waals surface area (Å²) in [7, 11) is 0. The van der Waals surface area contributed by atoms with Crippen molar-refractivity contribution in [1.29, 1.82) is 0 Å². The van der Waals surface area contributed by atoms with Crippen LogP contribution in [0.2, 0.25) is 0 Å². The highest BCUT2D eigenvalue weighted by Gasteiger charge is 2.36. The number of hydrogen-bond donors (Lipinski definition) is 2. The van der Waals surface area contributed by atoms with Gasteiger partial charge in [0.1, 0.15) is 6.04 Å². The van der Waals surface area contributed by atoms with Gasteiger partial charge in [0, 0.05) is 20.0 Å². The van der Waals surface area contributed by atoms with Crippen LogP contribution in [0.25, 0.3) is 0 Å². The molecule has 2 unspecified atom stereocenters. The van der Waals surface area contributed by atoms with Crippen LogP contribution in [0, 0.1) is 5.92 Å². The Morgan fingerprint density at radius 1 is 1.24 bits per heavy atom. The average molecular weight is 349 g/mol. The summed E-state index contributed by atoms with van der Waals surface area (Å²) < 4.78 is 0. The molecule has 3 amide bonds. The SMILES string of the molecule is C=CCNC(=O)C(=O)C(CCC1CC1)NC(=O)C1CCCN1C(C)=O. The van der Waals surface area contributed by atoms with E-state index in [0.29, 0.717) is 25.3 Å². The number of amides is 3. The van der Waals surface area contributed by atoms with E-state index in [1.807, 2.05) is 0 Å². The highest BCUT2D eigenvalue weighted by molar-refractivity contribution is 6.38. The Morgan fingerprint density at radius 2 is 1.96 bits per heavy atom. The molecule has 1 saturated heterocycles. The fourth-order valence-corrected chi connectivity index (χ4v) is 3.17. The van der Waals surface area contributed by atoms with E-state index in [1.54, 1.807) is 0 Å². The molecule has 0 bridgehead atoms. The summed E-state index contributed by atoms with van der Waals surface area (Å²) in [6, 6.07) is -1.39. The van der Waals surface area contributed by atoms with Crippen LogP contribution >= 0.6 is 0 Å². The van der Waals surface area contributed by atoms with Crippen LogP contribution in [-0.4, -0.2) is 53.6 Å². The van der Waals surface area contributed by atoms with Crippen molar-refractivity contribution in [1.82, 2.24) is 15.5 Å². The molecule has 1 aliphatic carbocycles.